The largest absolute Gasteiger partial charge is 0.481 e. The Morgan fingerprint density at radius 2 is 2.18 bits per heavy atom. The van der Waals surface area contributed by atoms with Gasteiger partial charge in [-0.1, -0.05) is 0 Å². The molecular weight excluding hydrogens is 244 g/mol. The van der Waals surface area contributed by atoms with Gasteiger partial charge >= 0.3 is 0 Å². The second kappa shape index (κ2) is 5.69. The molecule has 0 aliphatic heterocycles. The maximum Gasteiger partial charge on any atom is 0.215 e. The van der Waals surface area contributed by atoms with E-state index < -0.39 is 10.0 Å². The van der Waals surface area contributed by atoms with Gasteiger partial charge in [-0.25, -0.2) is 13.1 Å². The first-order valence-corrected chi connectivity index (χ1v) is 6.59. The Hall–Kier alpha value is -1.54. The van der Waals surface area contributed by atoms with Gasteiger partial charge in [0.15, 0.2) is 5.82 Å². The summed E-state index contributed by atoms with van der Waals surface area (Å²) < 4.78 is 29.5. The molecule has 0 fully saturated rings. The molecule has 7 nitrogen and oxygen atoms in total. The summed E-state index contributed by atoms with van der Waals surface area (Å²) in [6.07, 6.45) is 0. The van der Waals surface area contributed by atoms with Crippen molar-refractivity contribution in [2.75, 3.05) is 37.5 Å². The first-order valence-electron chi connectivity index (χ1n) is 4.94. The third-order valence-electron chi connectivity index (χ3n) is 2.08. The monoisotopic (exact) mass is 260 g/mol. The molecule has 0 aliphatic carbocycles. The van der Waals surface area contributed by atoms with Crippen molar-refractivity contribution in [3.8, 4) is 5.88 Å². The van der Waals surface area contributed by atoms with Crippen LogP contribution >= 0.6 is 0 Å². The molecule has 1 aromatic rings. The van der Waals surface area contributed by atoms with Crippen LogP contribution in [0.2, 0.25) is 0 Å². The quantitative estimate of drug-likeness (QED) is 0.644. The van der Waals surface area contributed by atoms with Gasteiger partial charge in [-0.05, 0) is 13.1 Å². The Balaban J connectivity index is 2.63. The van der Waals surface area contributed by atoms with Crippen LogP contribution in [0, 0.1) is 0 Å². The van der Waals surface area contributed by atoms with Crippen LogP contribution < -0.4 is 20.5 Å². The number of nitrogens with one attached hydrogen (secondary N) is 2. The first kappa shape index (κ1) is 13.5. The van der Waals surface area contributed by atoms with Gasteiger partial charge in [0.1, 0.15) is 0 Å². The molecule has 96 valence electrons. The minimum Gasteiger partial charge on any atom is -0.481 e. The lowest BCUT2D eigenvalue weighted by Gasteiger charge is -2.09. The molecule has 0 unspecified atom stereocenters. The summed E-state index contributed by atoms with van der Waals surface area (Å²) in [5.41, 5.74) is 6.12. The molecule has 0 aliphatic rings. The van der Waals surface area contributed by atoms with Gasteiger partial charge < -0.3 is 15.8 Å². The number of hydrogen-bond acceptors (Lipinski definition) is 6. The Labute approximate surface area is 100 Å². The average molecular weight is 260 g/mol. The molecule has 0 bridgehead atoms. The zero-order valence-electron chi connectivity index (χ0n) is 9.73. The molecule has 1 heterocycles. The number of pyridine rings is 1. The van der Waals surface area contributed by atoms with E-state index in [1.54, 1.807) is 12.1 Å². The number of aromatic nitrogens is 1. The Morgan fingerprint density at radius 3 is 2.76 bits per heavy atom. The summed E-state index contributed by atoms with van der Waals surface area (Å²) in [7, 11) is -0.368. The summed E-state index contributed by atoms with van der Waals surface area (Å²) in [6, 6.07) is 3.27. The van der Waals surface area contributed by atoms with Gasteiger partial charge in [0, 0.05) is 12.6 Å². The van der Waals surface area contributed by atoms with E-state index in [9.17, 15) is 8.42 Å². The van der Waals surface area contributed by atoms with Crippen molar-refractivity contribution in [3.05, 3.63) is 12.1 Å². The van der Waals surface area contributed by atoms with Crippen LogP contribution in [0.3, 0.4) is 0 Å². The highest BCUT2D eigenvalue weighted by Crippen LogP contribution is 2.18. The zero-order valence-corrected chi connectivity index (χ0v) is 10.5. The fraction of sp³-hybridized carbons (Fsp3) is 0.444. The number of anilines is 2. The van der Waals surface area contributed by atoms with Crippen molar-refractivity contribution in [1.82, 2.24) is 9.71 Å². The lowest BCUT2D eigenvalue weighted by Crippen LogP contribution is -2.26. The second-order valence-electron chi connectivity index (χ2n) is 3.24. The van der Waals surface area contributed by atoms with Gasteiger partial charge in [-0.3, -0.25) is 0 Å². The highest BCUT2D eigenvalue weighted by Gasteiger charge is 2.08. The SMILES string of the molecule is CNS(=O)(=O)CCNc1nc(OC)ccc1N. The van der Waals surface area contributed by atoms with Crippen molar-refractivity contribution in [3.63, 3.8) is 0 Å². The van der Waals surface area contributed by atoms with E-state index in [0.717, 1.165) is 0 Å². The maximum absolute atomic E-state index is 11.2. The van der Waals surface area contributed by atoms with Crippen LogP contribution in [0.4, 0.5) is 11.5 Å². The van der Waals surface area contributed by atoms with E-state index in [1.165, 1.54) is 14.2 Å². The third kappa shape index (κ3) is 4.08. The van der Waals surface area contributed by atoms with Crippen LogP contribution in [0.25, 0.3) is 0 Å². The Kier molecular flexibility index (Phi) is 4.53. The van der Waals surface area contributed by atoms with Crippen LogP contribution in [0.1, 0.15) is 0 Å². The molecule has 0 spiro atoms. The topological polar surface area (TPSA) is 106 Å². The molecule has 0 saturated heterocycles. The number of nitrogens with zero attached hydrogens (tertiary/aromatic N) is 1. The zero-order chi connectivity index (χ0) is 12.9. The molecule has 0 aromatic carbocycles. The second-order valence-corrected chi connectivity index (χ2v) is 5.29. The lowest BCUT2D eigenvalue weighted by molar-refractivity contribution is 0.398. The van der Waals surface area contributed by atoms with Crippen molar-refractivity contribution in [1.29, 1.82) is 0 Å². The van der Waals surface area contributed by atoms with Gasteiger partial charge in [-0.15, -0.1) is 0 Å². The van der Waals surface area contributed by atoms with E-state index in [4.69, 9.17) is 10.5 Å². The predicted molar refractivity (Wildman–Crippen MR) is 66.5 cm³/mol. The van der Waals surface area contributed by atoms with Gasteiger partial charge in [0.2, 0.25) is 15.9 Å². The number of methoxy groups -OCH3 is 1. The molecule has 0 atom stereocenters. The van der Waals surface area contributed by atoms with Crippen LogP contribution in [-0.4, -0.2) is 39.9 Å². The standard InChI is InChI=1S/C9H16N4O3S/c1-11-17(14,15)6-5-12-9-7(10)3-4-8(13-9)16-2/h3-4,11H,5-6,10H2,1-2H3,(H,12,13). The number of nitrogen functional groups attached to an aromatic ring is 1. The fourth-order valence-corrected chi connectivity index (χ4v) is 1.69. The van der Waals surface area contributed by atoms with Gasteiger partial charge in [0.25, 0.3) is 0 Å². The highest BCUT2D eigenvalue weighted by molar-refractivity contribution is 7.89. The smallest absolute Gasteiger partial charge is 0.215 e. The average Bonchev–Trinajstić information content (AvgIpc) is 2.31. The predicted octanol–water partition coefficient (Wildman–Crippen LogP) is -0.366. The van der Waals surface area contributed by atoms with E-state index in [1.807, 2.05) is 0 Å². The minimum atomic E-state index is -3.23. The van der Waals surface area contributed by atoms with Gasteiger partial charge in [0.05, 0.1) is 18.6 Å². The van der Waals surface area contributed by atoms with Crippen molar-refractivity contribution in [2.24, 2.45) is 0 Å². The van der Waals surface area contributed by atoms with Crippen LogP contribution in [0.15, 0.2) is 12.1 Å². The lowest BCUT2D eigenvalue weighted by atomic mass is 10.4. The summed E-state index contributed by atoms with van der Waals surface area (Å²) >= 11 is 0. The molecule has 17 heavy (non-hydrogen) atoms. The molecule has 1 rings (SSSR count). The Morgan fingerprint density at radius 1 is 1.47 bits per heavy atom. The molecule has 1 aromatic heterocycles. The number of sulfonamides is 1. The normalized spacial score (nSPS) is 11.2. The fourth-order valence-electron chi connectivity index (χ4n) is 1.11. The molecular formula is C9H16N4O3S. The highest BCUT2D eigenvalue weighted by atomic mass is 32.2. The molecule has 0 amide bonds. The summed E-state index contributed by atoms with van der Waals surface area (Å²) in [5, 5.41) is 2.84. The van der Waals surface area contributed by atoms with Crippen molar-refractivity contribution < 1.29 is 13.2 Å². The van der Waals surface area contributed by atoms with E-state index in [2.05, 4.69) is 15.0 Å². The molecule has 0 saturated carbocycles. The van der Waals surface area contributed by atoms with Crippen molar-refractivity contribution in [2.45, 2.75) is 0 Å². The summed E-state index contributed by atoms with van der Waals surface area (Å²) in [5.74, 6) is 0.774. The van der Waals surface area contributed by atoms with Crippen LogP contribution in [0.5, 0.6) is 5.88 Å². The first-order chi connectivity index (χ1) is 7.98. The van der Waals surface area contributed by atoms with Crippen LogP contribution in [-0.2, 0) is 10.0 Å². The maximum atomic E-state index is 11.2. The minimum absolute atomic E-state index is 0.0537. The molecule has 0 radical (unpaired) electrons. The third-order valence-corrected chi connectivity index (χ3v) is 3.45. The van der Waals surface area contributed by atoms with E-state index >= 15 is 0 Å². The molecule has 8 heteroatoms. The number of ether oxygens (including phenoxy) is 1. The summed E-state index contributed by atoms with van der Waals surface area (Å²) in [4.78, 5) is 4.06. The van der Waals surface area contributed by atoms with Crippen molar-refractivity contribution >= 4 is 21.5 Å². The van der Waals surface area contributed by atoms with E-state index in [-0.39, 0.29) is 12.3 Å². The molecule has 4 N–H and O–H groups in total. The summed E-state index contributed by atoms with van der Waals surface area (Å²) in [6.45, 7) is 0.216. The number of rotatable bonds is 6. The number of hydrogen-bond donors (Lipinski definition) is 3. The Bertz CT molecular complexity index is 475. The van der Waals surface area contributed by atoms with Gasteiger partial charge in [-0.2, -0.15) is 4.98 Å². The van der Waals surface area contributed by atoms with E-state index in [0.29, 0.717) is 17.4 Å². The number of nitrogens with two attached hydrogens (primary N) is 1.